The number of carbonyl (C=O) groups excluding carboxylic acids is 1. The number of nitrogens with zero attached hydrogens (tertiary/aromatic N) is 1. The van der Waals surface area contributed by atoms with Crippen LogP contribution in [0.1, 0.15) is 29.1 Å². The molecule has 0 saturated heterocycles. The van der Waals surface area contributed by atoms with Crippen LogP contribution < -0.4 is 10.6 Å². The van der Waals surface area contributed by atoms with Crippen LogP contribution in [0.15, 0.2) is 29.8 Å². The number of aromatic nitrogens is 1. The Labute approximate surface area is 133 Å². The molecule has 0 aliphatic rings. The normalized spacial score (nSPS) is 11.2. The summed E-state index contributed by atoms with van der Waals surface area (Å²) in [6.45, 7) is 4.76. The lowest BCUT2D eigenvalue weighted by Crippen LogP contribution is -2.36. The third-order valence-electron chi connectivity index (χ3n) is 3.22. The molecular weight excluding hydrogens is 306 g/mol. The number of halogens is 1. The summed E-state index contributed by atoms with van der Waals surface area (Å²) < 4.78 is 0. The number of rotatable bonds is 5. The van der Waals surface area contributed by atoms with Gasteiger partial charge in [-0.25, -0.2) is 4.98 Å². The Morgan fingerprint density at radius 2 is 2.24 bits per heavy atom. The van der Waals surface area contributed by atoms with Crippen molar-refractivity contribution in [2.45, 2.75) is 19.3 Å². The molecule has 2 heterocycles. The Morgan fingerprint density at radius 3 is 2.81 bits per heavy atom. The van der Waals surface area contributed by atoms with Gasteiger partial charge in [-0.2, -0.15) is 0 Å². The highest BCUT2D eigenvalue weighted by atomic mass is 35.5. The molecule has 21 heavy (non-hydrogen) atoms. The fourth-order valence-electron chi connectivity index (χ4n) is 1.90. The van der Waals surface area contributed by atoms with Crippen molar-refractivity contribution in [1.82, 2.24) is 10.3 Å². The Hall–Kier alpha value is -1.59. The molecule has 0 atom stereocenters. The second kappa shape index (κ2) is 6.45. The van der Waals surface area contributed by atoms with Gasteiger partial charge in [0, 0.05) is 30.1 Å². The first kappa shape index (κ1) is 15.8. The van der Waals surface area contributed by atoms with Crippen LogP contribution in [0.5, 0.6) is 0 Å². The molecule has 2 N–H and O–H groups in total. The number of thiophene rings is 1. The van der Waals surface area contributed by atoms with E-state index in [0.717, 1.165) is 0 Å². The summed E-state index contributed by atoms with van der Waals surface area (Å²) in [6.07, 6.45) is 1.52. The van der Waals surface area contributed by atoms with Crippen molar-refractivity contribution in [3.63, 3.8) is 0 Å². The molecule has 0 aromatic carbocycles. The summed E-state index contributed by atoms with van der Waals surface area (Å²) in [5.74, 6) is 0.392. The number of amides is 1. The van der Waals surface area contributed by atoms with E-state index in [1.807, 2.05) is 11.4 Å². The van der Waals surface area contributed by atoms with E-state index in [4.69, 9.17) is 11.6 Å². The van der Waals surface area contributed by atoms with Gasteiger partial charge in [0.1, 0.15) is 5.82 Å². The zero-order valence-electron chi connectivity index (χ0n) is 12.2. The van der Waals surface area contributed by atoms with Gasteiger partial charge in [-0.05, 0) is 17.5 Å². The predicted molar refractivity (Wildman–Crippen MR) is 88.5 cm³/mol. The molecule has 2 rings (SSSR count). The van der Waals surface area contributed by atoms with Crippen molar-refractivity contribution in [2.75, 3.05) is 18.9 Å². The average Bonchev–Trinajstić information content (AvgIpc) is 2.99. The van der Waals surface area contributed by atoms with E-state index >= 15 is 0 Å². The quantitative estimate of drug-likeness (QED) is 0.884. The van der Waals surface area contributed by atoms with Crippen molar-refractivity contribution in [1.29, 1.82) is 0 Å². The topological polar surface area (TPSA) is 54.0 Å². The van der Waals surface area contributed by atoms with Crippen molar-refractivity contribution in [3.05, 3.63) is 45.2 Å². The molecule has 0 bridgehead atoms. The number of anilines is 1. The Balaban J connectivity index is 2.03. The minimum atomic E-state index is -0.170. The second-order valence-corrected chi connectivity index (χ2v) is 6.70. The van der Waals surface area contributed by atoms with Crippen LogP contribution in [-0.2, 0) is 5.41 Å². The van der Waals surface area contributed by atoms with Gasteiger partial charge in [0.05, 0.1) is 10.6 Å². The first-order valence-corrected chi connectivity index (χ1v) is 7.85. The SMILES string of the molecule is CNc1ncc(C(=O)NCC(C)(C)c2cccs2)cc1Cl. The highest BCUT2D eigenvalue weighted by Gasteiger charge is 2.22. The van der Waals surface area contributed by atoms with E-state index in [-0.39, 0.29) is 11.3 Å². The summed E-state index contributed by atoms with van der Waals surface area (Å²) in [4.78, 5) is 17.5. The third kappa shape index (κ3) is 3.74. The maximum atomic E-state index is 12.2. The van der Waals surface area contributed by atoms with Crippen LogP contribution in [0.4, 0.5) is 5.82 Å². The molecule has 2 aromatic rings. The Kier molecular flexibility index (Phi) is 4.85. The molecule has 1 amide bonds. The number of carbonyl (C=O) groups is 1. The van der Waals surface area contributed by atoms with Crippen LogP contribution in [0.3, 0.4) is 0 Å². The summed E-state index contributed by atoms with van der Waals surface area (Å²) in [7, 11) is 1.73. The molecule has 0 aliphatic heterocycles. The average molecular weight is 324 g/mol. The van der Waals surface area contributed by atoms with Crippen molar-refractivity contribution < 1.29 is 4.79 Å². The van der Waals surface area contributed by atoms with E-state index in [1.54, 1.807) is 24.5 Å². The van der Waals surface area contributed by atoms with E-state index in [2.05, 4.69) is 35.5 Å². The van der Waals surface area contributed by atoms with Gasteiger partial charge in [0.25, 0.3) is 5.91 Å². The maximum Gasteiger partial charge on any atom is 0.252 e. The van der Waals surface area contributed by atoms with E-state index in [1.165, 1.54) is 11.1 Å². The summed E-state index contributed by atoms with van der Waals surface area (Å²) in [5, 5.41) is 8.28. The van der Waals surface area contributed by atoms with Crippen LogP contribution in [-0.4, -0.2) is 24.5 Å². The zero-order valence-corrected chi connectivity index (χ0v) is 13.8. The second-order valence-electron chi connectivity index (χ2n) is 5.35. The van der Waals surface area contributed by atoms with E-state index < -0.39 is 0 Å². The minimum Gasteiger partial charge on any atom is -0.372 e. The smallest absolute Gasteiger partial charge is 0.252 e. The summed E-state index contributed by atoms with van der Waals surface area (Å²) in [5.41, 5.74) is 0.354. The Bertz CT molecular complexity index is 626. The van der Waals surface area contributed by atoms with Crippen LogP contribution in [0.2, 0.25) is 5.02 Å². The Morgan fingerprint density at radius 1 is 1.48 bits per heavy atom. The van der Waals surface area contributed by atoms with Crippen LogP contribution >= 0.6 is 22.9 Å². The van der Waals surface area contributed by atoms with Gasteiger partial charge >= 0.3 is 0 Å². The molecule has 0 unspecified atom stereocenters. The molecular formula is C15H18ClN3OS. The molecule has 0 aliphatic carbocycles. The highest BCUT2D eigenvalue weighted by molar-refractivity contribution is 7.10. The number of hydrogen-bond donors (Lipinski definition) is 2. The molecule has 0 spiro atoms. The molecule has 0 radical (unpaired) electrons. The monoisotopic (exact) mass is 323 g/mol. The highest BCUT2D eigenvalue weighted by Crippen LogP contribution is 2.26. The van der Waals surface area contributed by atoms with Gasteiger partial charge < -0.3 is 10.6 Å². The molecule has 6 heteroatoms. The van der Waals surface area contributed by atoms with E-state index in [0.29, 0.717) is 22.9 Å². The molecule has 4 nitrogen and oxygen atoms in total. The maximum absolute atomic E-state index is 12.2. The first-order chi connectivity index (χ1) is 9.94. The number of nitrogens with one attached hydrogen (secondary N) is 2. The molecule has 112 valence electrons. The fourth-order valence-corrected chi connectivity index (χ4v) is 3.01. The van der Waals surface area contributed by atoms with E-state index in [9.17, 15) is 4.79 Å². The van der Waals surface area contributed by atoms with Crippen molar-refractivity contribution in [2.24, 2.45) is 0 Å². The van der Waals surface area contributed by atoms with Crippen molar-refractivity contribution >= 4 is 34.7 Å². The van der Waals surface area contributed by atoms with Gasteiger partial charge in [0.2, 0.25) is 0 Å². The van der Waals surface area contributed by atoms with Crippen molar-refractivity contribution in [3.8, 4) is 0 Å². The van der Waals surface area contributed by atoms with Gasteiger partial charge in [-0.15, -0.1) is 11.3 Å². The van der Waals surface area contributed by atoms with Gasteiger partial charge in [-0.1, -0.05) is 31.5 Å². The minimum absolute atomic E-state index is 0.105. The third-order valence-corrected chi connectivity index (χ3v) is 4.74. The molecule has 2 aromatic heterocycles. The van der Waals surface area contributed by atoms with Crippen LogP contribution in [0, 0.1) is 0 Å². The predicted octanol–water partition coefficient (Wildman–Crippen LogP) is 3.55. The molecule has 0 saturated carbocycles. The fraction of sp³-hybridized carbons (Fsp3) is 0.333. The summed E-state index contributed by atoms with van der Waals surface area (Å²) in [6, 6.07) is 5.72. The summed E-state index contributed by atoms with van der Waals surface area (Å²) >= 11 is 7.73. The number of hydrogen-bond acceptors (Lipinski definition) is 4. The number of pyridine rings is 1. The first-order valence-electron chi connectivity index (χ1n) is 6.59. The largest absolute Gasteiger partial charge is 0.372 e. The van der Waals surface area contributed by atoms with Gasteiger partial charge in [-0.3, -0.25) is 4.79 Å². The standard InChI is InChI=1S/C15H18ClN3OS/c1-15(2,12-5-4-6-21-12)9-19-14(20)10-7-11(16)13(17-3)18-8-10/h4-8H,9H2,1-3H3,(H,17,18)(H,19,20). The lowest BCUT2D eigenvalue weighted by atomic mass is 9.91. The zero-order chi connectivity index (χ0) is 15.5. The molecule has 0 fully saturated rings. The van der Waals surface area contributed by atoms with Crippen LogP contribution in [0.25, 0.3) is 0 Å². The van der Waals surface area contributed by atoms with Gasteiger partial charge in [0.15, 0.2) is 0 Å². The lowest BCUT2D eigenvalue weighted by molar-refractivity contribution is 0.0945. The lowest BCUT2D eigenvalue weighted by Gasteiger charge is -2.23.